The van der Waals surface area contributed by atoms with E-state index < -0.39 is 0 Å². The second-order valence-corrected chi connectivity index (χ2v) is 8.23. The van der Waals surface area contributed by atoms with Crippen LogP contribution in [0.25, 0.3) is 22.0 Å². The molecule has 5 aromatic rings. The number of esters is 1. The van der Waals surface area contributed by atoms with Crippen molar-refractivity contribution in [3.05, 3.63) is 132 Å². The van der Waals surface area contributed by atoms with E-state index in [0.29, 0.717) is 12.0 Å². The SMILES string of the molecule is COC(=O)c1cc(-c2ccccc2)ccc1Cc1ccc2c(ccn2Cc2ccccc2)c1. The average Bonchev–Trinajstić information content (AvgIpc) is 3.26. The zero-order valence-electron chi connectivity index (χ0n) is 18.6. The first-order chi connectivity index (χ1) is 16.2. The Morgan fingerprint density at radius 2 is 1.52 bits per heavy atom. The lowest BCUT2D eigenvalue weighted by molar-refractivity contribution is 0.0599. The van der Waals surface area contributed by atoms with E-state index >= 15 is 0 Å². The maximum Gasteiger partial charge on any atom is 0.338 e. The Labute approximate surface area is 193 Å². The van der Waals surface area contributed by atoms with Gasteiger partial charge in [0.05, 0.1) is 12.7 Å². The quantitative estimate of drug-likeness (QED) is 0.279. The second kappa shape index (κ2) is 9.17. The number of carbonyl (C=O) groups is 1. The van der Waals surface area contributed by atoms with Crippen LogP contribution >= 0.6 is 0 Å². The van der Waals surface area contributed by atoms with Gasteiger partial charge in [-0.1, -0.05) is 78.9 Å². The molecule has 0 atom stereocenters. The van der Waals surface area contributed by atoms with E-state index in [1.165, 1.54) is 23.6 Å². The van der Waals surface area contributed by atoms with Crippen molar-refractivity contribution in [1.29, 1.82) is 0 Å². The summed E-state index contributed by atoms with van der Waals surface area (Å²) in [5.74, 6) is -0.308. The summed E-state index contributed by atoms with van der Waals surface area (Å²) in [5, 5.41) is 1.20. The summed E-state index contributed by atoms with van der Waals surface area (Å²) < 4.78 is 7.36. The van der Waals surface area contributed by atoms with E-state index in [1.807, 2.05) is 48.5 Å². The largest absolute Gasteiger partial charge is 0.465 e. The van der Waals surface area contributed by atoms with Gasteiger partial charge < -0.3 is 9.30 Å². The van der Waals surface area contributed by atoms with Gasteiger partial charge in [-0.15, -0.1) is 0 Å². The van der Waals surface area contributed by atoms with Gasteiger partial charge in [0, 0.05) is 18.3 Å². The number of aromatic nitrogens is 1. The van der Waals surface area contributed by atoms with Crippen LogP contribution in [0, 0.1) is 0 Å². The molecule has 0 bridgehead atoms. The predicted molar refractivity (Wildman–Crippen MR) is 134 cm³/mol. The van der Waals surface area contributed by atoms with Gasteiger partial charge in [0.2, 0.25) is 0 Å². The molecule has 3 nitrogen and oxygen atoms in total. The lowest BCUT2D eigenvalue weighted by Gasteiger charge is -2.12. The van der Waals surface area contributed by atoms with Gasteiger partial charge in [-0.25, -0.2) is 4.79 Å². The zero-order chi connectivity index (χ0) is 22.6. The Balaban J connectivity index is 1.44. The van der Waals surface area contributed by atoms with Gasteiger partial charge in [0.15, 0.2) is 0 Å². The minimum Gasteiger partial charge on any atom is -0.465 e. The van der Waals surface area contributed by atoms with Crippen LogP contribution in [0.15, 0.2) is 109 Å². The molecule has 1 aromatic heterocycles. The van der Waals surface area contributed by atoms with Crippen LogP contribution in [0.1, 0.15) is 27.0 Å². The normalized spacial score (nSPS) is 10.9. The minimum absolute atomic E-state index is 0.308. The second-order valence-electron chi connectivity index (χ2n) is 8.23. The van der Waals surface area contributed by atoms with Crippen molar-refractivity contribution in [3.8, 4) is 11.1 Å². The zero-order valence-corrected chi connectivity index (χ0v) is 18.6. The van der Waals surface area contributed by atoms with Crippen LogP contribution in [0.2, 0.25) is 0 Å². The van der Waals surface area contributed by atoms with Crippen molar-refractivity contribution in [3.63, 3.8) is 0 Å². The van der Waals surface area contributed by atoms with Crippen molar-refractivity contribution in [2.24, 2.45) is 0 Å². The number of rotatable bonds is 6. The van der Waals surface area contributed by atoms with Crippen molar-refractivity contribution in [2.45, 2.75) is 13.0 Å². The predicted octanol–water partition coefficient (Wildman–Crippen LogP) is 6.73. The van der Waals surface area contributed by atoms with Gasteiger partial charge in [0.1, 0.15) is 0 Å². The first-order valence-electron chi connectivity index (χ1n) is 11.1. The molecule has 162 valence electrons. The Morgan fingerprint density at radius 3 is 2.27 bits per heavy atom. The highest BCUT2D eigenvalue weighted by Gasteiger charge is 2.14. The summed E-state index contributed by atoms with van der Waals surface area (Å²) in [6.07, 6.45) is 2.80. The van der Waals surface area contributed by atoms with Crippen molar-refractivity contribution in [1.82, 2.24) is 4.57 Å². The summed E-state index contributed by atoms with van der Waals surface area (Å²) in [6, 6.07) is 35.3. The van der Waals surface area contributed by atoms with E-state index in [4.69, 9.17) is 4.74 Å². The molecule has 0 saturated heterocycles. The molecular weight excluding hydrogens is 406 g/mol. The summed E-state index contributed by atoms with van der Waals surface area (Å²) in [6.45, 7) is 0.844. The van der Waals surface area contributed by atoms with Crippen molar-refractivity contribution in [2.75, 3.05) is 7.11 Å². The third kappa shape index (κ3) is 4.44. The fraction of sp³-hybridized carbons (Fsp3) is 0.100. The maximum atomic E-state index is 12.6. The number of methoxy groups -OCH3 is 1. The van der Waals surface area contributed by atoms with Crippen LogP contribution in [-0.2, 0) is 17.7 Å². The van der Waals surface area contributed by atoms with Crippen LogP contribution in [0.3, 0.4) is 0 Å². The number of ether oxygens (including phenoxy) is 1. The molecule has 33 heavy (non-hydrogen) atoms. The lowest BCUT2D eigenvalue weighted by Crippen LogP contribution is -2.06. The van der Waals surface area contributed by atoms with E-state index in [-0.39, 0.29) is 5.97 Å². The molecule has 0 aliphatic rings. The van der Waals surface area contributed by atoms with Gasteiger partial charge in [-0.05, 0) is 63.9 Å². The third-order valence-electron chi connectivity index (χ3n) is 6.05. The van der Waals surface area contributed by atoms with Gasteiger partial charge in [0.25, 0.3) is 0 Å². The molecule has 0 N–H and O–H groups in total. The average molecular weight is 432 g/mol. The van der Waals surface area contributed by atoms with Crippen LogP contribution in [0.4, 0.5) is 0 Å². The van der Waals surface area contributed by atoms with Gasteiger partial charge in [-0.2, -0.15) is 0 Å². The van der Waals surface area contributed by atoms with Crippen LogP contribution in [0.5, 0.6) is 0 Å². The Morgan fingerprint density at radius 1 is 0.758 bits per heavy atom. The Bertz CT molecular complexity index is 1400. The number of hydrogen-bond acceptors (Lipinski definition) is 2. The molecule has 0 spiro atoms. The first kappa shape index (κ1) is 20.8. The topological polar surface area (TPSA) is 31.2 Å². The number of benzene rings is 4. The summed E-state index contributed by atoms with van der Waals surface area (Å²) in [4.78, 5) is 12.6. The molecule has 1 heterocycles. The molecule has 5 rings (SSSR count). The number of nitrogens with zero attached hydrogens (tertiary/aromatic N) is 1. The molecule has 0 aliphatic heterocycles. The smallest absolute Gasteiger partial charge is 0.338 e. The summed E-state index contributed by atoms with van der Waals surface area (Å²) in [5.41, 5.74) is 7.31. The fourth-order valence-electron chi connectivity index (χ4n) is 4.34. The van der Waals surface area contributed by atoms with E-state index in [0.717, 1.165) is 28.8 Å². The highest BCUT2D eigenvalue weighted by molar-refractivity contribution is 5.93. The lowest BCUT2D eigenvalue weighted by atomic mass is 9.95. The monoisotopic (exact) mass is 431 g/mol. The number of fused-ring (bicyclic) bond motifs is 1. The van der Waals surface area contributed by atoms with Crippen LogP contribution in [-0.4, -0.2) is 17.6 Å². The highest BCUT2D eigenvalue weighted by Crippen LogP contribution is 2.26. The molecule has 0 unspecified atom stereocenters. The van der Waals surface area contributed by atoms with Gasteiger partial charge >= 0.3 is 5.97 Å². The van der Waals surface area contributed by atoms with Crippen molar-refractivity contribution >= 4 is 16.9 Å². The highest BCUT2D eigenvalue weighted by atomic mass is 16.5. The molecule has 0 fully saturated rings. The fourth-order valence-corrected chi connectivity index (χ4v) is 4.34. The van der Waals surface area contributed by atoms with Crippen molar-refractivity contribution < 1.29 is 9.53 Å². The standard InChI is InChI=1S/C30H25NO2/c1-33-30(32)28-20-25(24-10-6-3-7-11-24)13-14-26(28)18-23-12-15-29-27(19-23)16-17-31(29)21-22-8-4-2-5-9-22/h2-17,19-20H,18,21H2,1H3. The Hall–Kier alpha value is -4.11. The van der Waals surface area contributed by atoms with Crippen LogP contribution < -0.4 is 0 Å². The first-order valence-corrected chi connectivity index (χ1v) is 11.1. The maximum absolute atomic E-state index is 12.6. The number of carbonyl (C=O) groups excluding carboxylic acids is 1. The summed E-state index contributed by atoms with van der Waals surface area (Å²) >= 11 is 0. The molecule has 0 saturated carbocycles. The minimum atomic E-state index is -0.308. The molecular formula is C30H25NO2. The van der Waals surface area contributed by atoms with E-state index in [2.05, 4.69) is 65.4 Å². The van der Waals surface area contributed by atoms with E-state index in [1.54, 1.807) is 0 Å². The van der Waals surface area contributed by atoms with Gasteiger partial charge in [-0.3, -0.25) is 0 Å². The number of hydrogen-bond donors (Lipinski definition) is 0. The molecule has 0 amide bonds. The Kier molecular flexibility index (Phi) is 5.77. The molecule has 4 aromatic carbocycles. The van der Waals surface area contributed by atoms with E-state index in [9.17, 15) is 4.79 Å². The molecule has 0 aliphatic carbocycles. The molecule has 0 radical (unpaired) electrons. The third-order valence-corrected chi connectivity index (χ3v) is 6.05. The summed E-state index contributed by atoms with van der Waals surface area (Å²) in [7, 11) is 1.43. The molecule has 3 heteroatoms.